The highest BCUT2D eigenvalue weighted by molar-refractivity contribution is 7.60. The van der Waals surface area contributed by atoms with Crippen molar-refractivity contribution in [3.63, 3.8) is 0 Å². The number of aliphatic hydroxyl groups is 2. The van der Waals surface area contributed by atoms with Crippen molar-refractivity contribution in [1.29, 1.82) is 0 Å². The van der Waals surface area contributed by atoms with Crippen LogP contribution in [0.25, 0.3) is 0 Å². The summed E-state index contributed by atoms with van der Waals surface area (Å²) in [5, 5.41) is 17.0. The Balaban J connectivity index is 0. The normalized spacial score (nSPS) is 13.5. The molecule has 0 aromatic rings. The zero-order valence-electron chi connectivity index (χ0n) is 8.46. The van der Waals surface area contributed by atoms with Crippen molar-refractivity contribution in [2.24, 2.45) is 0 Å². The first-order valence-corrected chi connectivity index (χ1v) is 6.74. The van der Waals surface area contributed by atoms with Gasteiger partial charge in [-0.2, -0.15) is 4.31 Å². The summed E-state index contributed by atoms with van der Waals surface area (Å²) in [7, 11) is -10.1. The van der Waals surface area contributed by atoms with Crippen molar-refractivity contribution >= 4 is 15.6 Å². The van der Waals surface area contributed by atoms with E-state index in [0.717, 1.165) is 0 Å². The molecule has 0 aromatic carbocycles. The van der Waals surface area contributed by atoms with Gasteiger partial charge in [-0.3, -0.25) is 0 Å². The summed E-state index contributed by atoms with van der Waals surface area (Å²) in [4.78, 5) is 31.0. The molecule has 0 rings (SSSR count). The first kappa shape index (κ1) is 18.3. The van der Waals surface area contributed by atoms with Crippen LogP contribution in [-0.2, 0) is 13.4 Å². The molecule has 11 heteroatoms. The third-order valence-corrected chi connectivity index (χ3v) is 2.40. The number of phosphoric acid groups is 2. The van der Waals surface area contributed by atoms with Gasteiger partial charge in [-0.05, 0) is 19.9 Å². The fourth-order valence-electron chi connectivity index (χ4n) is 0.454. The van der Waals surface area contributed by atoms with Crippen LogP contribution >= 0.6 is 15.6 Å². The van der Waals surface area contributed by atoms with Crippen LogP contribution in [-0.4, -0.2) is 35.6 Å². The van der Waals surface area contributed by atoms with Gasteiger partial charge in [0, 0.05) is 0 Å². The summed E-state index contributed by atoms with van der Waals surface area (Å²) in [6, 6.07) is 0. The Morgan fingerprint density at radius 2 is 1.38 bits per heavy atom. The van der Waals surface area contributed by atoms with E-state index in [0.29, 0.717) is 0 Å². The first-order chi connectivity index (χ1) is 6.77. The van der Waals surface area contributed by atoms with Crippen molar-refractivity contribution in [2.45, 2.75) is 19.6 Å². The molecule has 0 atom stereocenters. The molecule has 0 amide bonds. The molecule has 6 N–H and O–H groups in total. The molecule has 0 heterocycles. The van der Waals surface area contributed by atoms with E-state index in [1.807, 2.05) is 0 Å². The van der Waals surface area contributed by atoms with Gasteiger partial charge in [-0.1, -0.05) is 6.08 Å². The minimum atomic E-state index is -5.05. The SMILES string of the molecule is CC=CC(C)(O)O.O=P(O)(O)OP(=O)(O)O. The summed E-state index contributed by atoms with van der Waals surface area (Å²) in [5.41, 5.74) is 0. The summed E-state index contributed by atoms with van der Waals surface area (Å²) < 4.78 is 22.2. The van der Waals surface area contributed by atoms with E-state index < -0.39 is 21.4 Å². The van der Waals surface area contributed by atoms with E-state index in [-0.39, 0.29) is 0 Å². The Labute approximate surface area is 91.5 Å². The number of hydrogen-bond acceptors (Lipinski definition) is 5. The van der Waals surface area contributed by atoms with Crippen LogP contribution in [0.3, 0.4) is 0 Å². The fourth-order valence-corrected chi connectivity index (χ4v) is 1.56. The minimum absolute atomic E-state index is 1.30. The van der Waals surface area contributed by atoms with Gasteiger partial charge in [0.2, 0.25) is 0 Å². The van der Waals surface area contributed by atoms with E-state index in [2.05, 4.69) is 4.31 Å². The van der Waals surface area contributed by atoms with E-state index in [1.54, 1.807) is 13.0 Å². The smallest absolute Gasteiger partial charge is 0.363 e. The highest BCUT2D eigenvalue weighted by Crippen LogP contribution is 2.53. The average molecular weight is 280 g/mol. The van der Waals surface area contributed by atoms with Crippen LogP contribution in [0.5, 0.6) is 0 Å². The third-order valence-electron chi connectivity index (χ3n) is 0.695. The Morgan fingerprint density at radius 3 is 1.38 bits per heavy atom. The van der Waals surface area contributed by atoms with Crippen molar-refractivity contribution in [2.75, 3.05) is 0 Å². The maximum Gasteiger partial charge on any atom is 0.478 e. The predicted octanol–water partition coefficient (Wildman–Crippen LogP) is -0.548. The van der Waals surface area contributed by atoms with E-state index in [4.69, 9.17) is 29.8 Å². The van der Waals surface area contributed by atoms with Gasteiger partial charge >= 0.3 is 15.6 Å². The van der Waals surface area contributed by atoms with Crippen molar-refractivity contribution in [3.05, 3.63) is 12.2 Å². The molecule has 0 radical (unpaired) electrons. The maximum atomic E-state index is 9.63. The summed E-state index contributed by atoms with van der Waals surface area (Å²) in [6.07, 6.45) is 2.88. The Kier molecular flexibility index (Phi) is 7.55. The first-order valence-electron chi connectivity index (χ1n) is 3.68. The van der Waals surface area contributed by atoms with E-state index >= 15 is 0 Å². The molecule has 0 saturated heterocycles. The molecule has 0 aromatic heterocycles. The number of hydrogen-bond donors (Lipinski definition) is 6. The molecule has 98 valence electrons. The maximum absolute atomic E-state index is 9.63. The Hall–Kier alpha value is -0.0800. The van der Waals surface area contributed by atoms with Crippen LogP contribution in [0.15, 0.2) is 12.2 Å². The third kappa shape index (κ3) is 23.6. The molecule has 9 nitrogen and oxygen atoms in total. The Bertz CT molecular complexity index is 284. The second-order valence-electron chi connectivity index (χ2n) is 2.66. The fraction of sp³-hybridized carbons (Fsp3) is 0.600. The molecule has 16 heavy (non-hydrogen) atoms. The van der Waals surface area contributed by atoms with Gasteiger partial charge in [0.15, 0.2) is 5.79 Å². The lowest BCUT2D eigenvalue weighted by molar-refractivity contribution is -0.101. The number of allylic oxidation sites excluding steroid dienone is 1. The van der Waals surface area contributed by atoms with Crippen LogP contribution in [0, 0.1) is 0 Å². The second kappa shape index (κ2) is 6.61. The lowest BCUT2D eigenvalue weighted by Crippen LogP contribution is -2.18. The van der Waals surface area contributed by atoms with Gasteiger partial charge < -0.3 is 29.8 Å². The standard InChI is InChI=1S/C5H10O2.H4O7P2/c1-3-4-5(2,6)7;1-8(2,3)7-9(4,5)6/h3-4,6-7H,1-2H3;(H2,1,2,3)(H2,4,5,6). The zero-order chi connectivity index (χ0) is 13.6. The van der Waals surface area contributed by atoms with Gasteiger partial charge in [0.05, 0.1) is 0 Å². The molecule has 0 unspecified atom stereocenters. The molecule has 0 fully saturated rings. The largest absolute Gasteiger partial charge is 0.478 e. The summed E-state index contributed by atoms with van der Waals surface area (Å²) in [6.45, 7) is 3.03. The van der Waals surface area contributed by atoms with Crippen LogP contribution in [0.2, 0.25) is 0 Å². The Morgan fingerprint density at radius 1 is 1.06 bits per heavy atom. The molecule has 0 aliphatic rings. The lowest BCUT2D eigenvalue weighted by Gasteiger charge is -2.07. The van der Waals surface area contributed by atoms with Crippen LogP contribution in [0.4, 0.5) is 0 Å². The quantitative estimate of drug-likeness (QED) is 0.226. The van der Waals surface area contributed by atoms with Crippen molar-refractivity contribution in [3.8, 4) is 0 Å². The lowest BCUT2D eigenvalue weighted by atomic mass is 10.3. The molecular formula is C5H14O9P2. The molecular weight excluding hydrogens is 266 g/mol. The summed E-state index contributed by atoms with van der Waals surface area (Å²) in [5.74, 6) is -1.63. The predicted molar refractivity (Wildman–Crippen MR) is 52.8 cm³/mol. The zero-order valence-corrected chi connectivity index (χ0v) is 10.2. The van der Waals surface area contributed by atoms with Gasteiger partial charge in [0.1, 0.15) is 0 Å². The number of rotatable bonds is 3. The topological polar surface area (TPSA) is 165 Å². The molecule has 0 saturated carbocycles. The highest BCUT2D eigenvalue weighted by atomic mass is 31.3. The van der Waals surface area contributed by atoms with Gasteiger partial charge in [0.25, 0.3) is 0 Å². The van der Waals surface area contributed by atoms with Crippen molar-refractivity contribution in [1.82, 2.24) is 0 Å². The molecule has 0 spiro atoms. The molecule has 0 aliphatic carbocycles. The molecule has 0 aliphatic heterocycles. The molecule has 0 bridgehead atoms. The van der Waals surface area contributed by atoms with Gasteiger partial charge in [-0.25, -0.2) is 9.13 Å². The van der Waals surface area contributed by atoms with E-state index in [1.165, 1.54) is 13.0 Å². The monoisotopic (exact) mass is 280 g/mol. The van der Waals surface area contributed by atoms with Crippen LogP contribution < -0.4 is 0 Å². The van der Waals surface area contributed by atoms with E-state index in [9.17, 15) is 9.13 Å². The average Bonchev–Trinajstić information content (AvgIpc) is 1.73. The van der Waals surface area contributed by atoms with Gasteiger partial charge in [-0.15, -0.1) is 0 Å². The van der Waals surface area contributed by atoms with Crippen LogP contribution in [0.1, 0.15) is 13.8 Å². The summed E-state index contributed by atoms with van der Waals surface area (Å²) >= 11 is 0. The minimum Gasteiger partial charge on any atom is -0.363 e. The second-order valence-corrected chi connectivity index (χ2v) is 5.27. The van der Waals surface area contributed by atoms with Crippen molar-refractivity contribution < 1.29 is 43.2 Å². The highest BCUT2D eigenvalue weighted by Gasteiger charge is 2.27.